The number of thioether (sulfide) groups is 1. The highest BCUT2D eigenvalue weighted by atomic mass is 32.2. The molecule has 0 aliphatic rings. The van der Waals surface area contributed by atoms with Gasteiger partial charge in [0.05, 0.1) is 17.9 Å². The quantitative estimate of drug-likeness (QED) is 0.632. The molecule has 3 aromatic rings. The first-order chi connectivity index (χ1) is 13.4. The van der Waals surface area contributed by atoms with Crippen LogP contribution in [0.3, 0.4) is 0 Å². The lowest BCUT2D eigenvalue weighted by molar-refractivity contribution is -0.115. The summed E-state index contributed by atoms with van der Waals surface area (Å²) in [6, 6.07) is 10.8. The molecular formula is C19H18F2N4O2S. The lowest BCUT2D eigenvalue weighted by Crippen LogP contribution is -2.24. The van der Waals surface area contributed by atoms with E-state index in [1.54, 1.807) is 25.6 Å². The second-order valence-electron chi connectivity index (χ2n) is 5.91. The van der Waals surface area contributed by atoms with Crippen molar-refractivity contribution in [1.82, 2.24) is 14.8 Å². The van der Waals surface area contributed by atoms with Crippen molar-refractivity contribution in [2.45, 2.75) is 17.3 Å². The molecule has 0 saturated carbocycles. The van der Waals surface area contributed by atoms with E-state index in [9.17, 15) is 13.6 Å². The molecule has 0 spiro atoms. The van der Waals surface area contributed by atoms with E-state index in [0.29, 0.717) is 16.7 Å². The number of hydrogen-bond donors (Lipinski definition) is 1. The number of amides is 1. The number of methoxy groups -OCH3 is 1. The third kappa shape index (κ3) is 3.99. The Morgan fingerprint density at radius 2 is 1.82 bits per heavy atom. The topological polar surface area (TPSA) is 69.0 Å². The fraction of sp³-hybridized carbons (Fsp3) is 0.211. The maximum atomic E-state index is 13.7. The summed E-state index contributed by atoms with van der Waals surface area (Å²) in [4.78, 5) is 12.4. The van der Waals surface area contributed by atoms with E-state index in [1.807, 2.05) is 24.3 Å². The van der Waals surface area contributed by atoms with Crippen LogP contribution in [-0.4, -0.2) is 33.0 Å². The minimum Gasteiger partial charge on any atom is -0.496 e. The van der Waals surface area contributed by atoms with Gasteiger partial charge in [0.2, 0.25) is 5.91 Å². The first-order valence-electron chi connectivity index (χ1n) is 8.36. The van der Waals surface area contributed by atoms with Gasteiger partial charge in [-0.15, -0.1) is 10.2 Å². The monoisotopic (exact) mass is 404 g/mol. The maximum Gasteiger partial charge on any atom is 0.237 e. The number of hydrogen-bond acceptors (Lipinski definition) is 5. The largest absolute Gasteiger partial charge is 0.496 e. The Kier molecular flexibility index (Phi) is 5.93. The molecule has 0 aliphatic carbocycles. The molecule has 1 aromatic heterocycles. The number of nitrogens with zero attached hydrogens (tertiary/aromatic N) is 3. The van der Waals surface area contributed by atoms with Crippen molar-refractivity contribution in [2.75, 3.05) is 12.4 Å². The van der Waals surface area contributed by atoms with Crippen LogP contribution in [0.2, 0.25) is 0 Å². The highest BCUT2D eigenvalue weighted by Gasteiger charge is 2.22. The van der Waals surface area contributed by atoms with E-state index >= 15 is 0 Å². The Hall–Kier alpha value is -2.94. The number of aromatic nitrogens is 3. The van der Waals surface area contributed by atoms with Crippen LogP contribution in [0.4, 0.5) is 14.5 Å². The Morgan fingerprint density at radius 3 is 2.50 bits per heavy atom. The number of carbonyl (C=O) groups excluding carboxylic acids is 1. The third-order valence-electron chi connectivity index (χ3n) is 4.05. The van der Waals surface area contributed by atoms with Gasteiger partial charge in [0, 0.05) is 7.05 Å². The average Bonchev–Trinajstić information content (AvgIpc) is 3.04. The normalized spacial score (nSPS) is 11.9. The Morgan fingerprint density at radius 1 is 1.14 bits per heavy atom. The van der Waals surface area contributed by atoms with Gasteiger partial charge in [-0.2, -0.15) is 0 Å². The summed E-state index contributed by atoms with van der Waals surface area (Å²) in [6.45, 7) is 1.62. The van der Waals surface area contributed by atoms with Crippen LogP contribution in [0.5, 0.6) is 5.75 Å². The van der Waals surface area contributed by atoms with Gasteiger partial charge in [-0.3, -0.25) is 4.79 Å². The van der Waals surface area contributed by atoms with E-state index < -0.39 is 28.5 Å². The van der Waals surface area contributed by atoms with E-state index in [1.165, 1.54) is 6.07 Å². The lowest BCUT2D eigenvalue weighted by Gasteiger charge is -2.13. The number of benzene rings is 2. The number of nitrogens with one attached hydrogen (secondary N) is 1. The molecule has 0 bridgehead atoms. The van der Waals surface area contributed by atoms with Crippen LogP contribution in [0.15, 0.2) is 47.6 Å². The zero-order chi connectivity index (χ0) is 20.3. The van der Waals surface area contributed by atoms with Gasteiger partial charge in [0.15, 0.2) is 11.0 Å². The zero-order valence-corrected chi connectivity index (χ0v) is 16.3. The van der Waals surface area contributed by atoms with Gasteiger partial charge in [-0.05, 0) is 31.2 Å². The number of anilines is 1. The fourth-order valence-electron chi connectivity index (χ4n) is 2.54. The predicted molar refractivity (Wildman–Crippen MR) is 103 cm³/mol. The number of carbonyl (C=O) groups is 1. The van der Waals surface area contributed by atoms with Crippen LogP contribution < -0.4 is 10.1 Å². The molecule has 0 fully saturated rings. The van der Waals surface area contributed by atoms with Crippen molar-refractivity contribution in [3.63, 3.8) is 0 Å². The Labute approximate surface area is 164 Å². The van der Waals surface area contributed by atoms with E-state index in [-0.39, 0.29) is 0 Å². The zero-order valence-electron chi connectivity index (χ0n) is 15.4. The van der Waals surface area contributed by atoms with Gasteiger partial charge >= 0.3 is 0 Å². The second kappa shape index (κ2) is 8.39. The highest BCUT2D eigenvalue weighted by Crippen LogP contribution is 2.31. The maximum absolute atomic E-state index is 13.7. The smallest absolute Gasteiger partial charge is 0.237 e. The molecule has 0 unspecified atom stereocenters. The summed E-state index contributed by atoms with van der Waals surface area (Å²) in [6.07, 6.45) is 0. The Bertz CT molecular complexity index is 989. The second-order valence-corrected chi connectivity index (χ2v) is 7.22. The highest BCUT2D eigenvalue weighted by molar-refractivity contribution is 8.00. The van der Waals surface area contributed by atoms with Gasteiger partial charge < -0.3 is 14.6 Å². The molecular weight excluding hydrogens is 386 g/mol. The van der Waals surface area contributed by atoms with Crippen LogP contribution >= 0.6 is 11.8 Å². The summed E-state index contributed by atoms with van der Waals surface area (Å²) in [5.74, 6) is -0.982. The average molecular weight is 404 g/mol. The molecule has 146 valence electrons. The molecule has 1 N–H and O–H groups in total. The first-order valence-corrected chi connectivity index (χ1v) is 9.24. The summed E-state index contributed by atoms with van der Waals surface area (Å²) in [5.41, 5.74) is 0.296. The van der Waals surface area contributed by atoms with Crippen molar-refractivity contribution >= 4 is 23.4 Å². The molecule has 1 amide bonds. The summed E-state index contributed by atoms with van der Waals surface area (Å²) in [5, 5.41) is 10.4. The fourth-order valence-corrected chi connectivity index (χ4v) is 3.35. The SMILES string of the molecule is COc1ccccc1-c1nnc(S[C@H](C)C(=O)Nc2c(F)cccc2F)n1C. The number of para-hydroxylation sites is 2. The molecule has 0 saturated heterocycles. The van der Waals surface area contributed by atoms with Gasteiger partial charge in [0.25, 0.3) is 0 Å². The van der Waals surface area contributed by atoms with E-state index in [2.05, 4.69) is 15.5 Å². The third-order valence-corrected chi connectivity index (χ3v) is 5.18. The molecule has 28 heavy (non-hydrogen) atoms. The van der Waals surface area contributed by atoms with Crippen molar-refractivity contribution < 1.29 is 18.3 Å². The molecule has 0 aliphatic heterocycles. The summed E-state index contributed by atoms with van der Waals surface area (Å²) >= 11 is 1.13. The first kappa shape index (κ1) is 19.8. The number of ether oxygens (including phenoxy) is 1. The van der Waals surface area contributed by atoms with Crippen LogP contribution in [0.1, 0.15) is 6.92 Å². The van der Waals surface area contributed by atoms with Crippen molar-refractivity contribution in [2.24, 2.45) is 7.05 Å². The molecule has 6 nitrogen and oxygen atoms in total. The lowest BCUT2D eigenvalue weighted by atomic mass is 10.2. The van der Waals surface area contributed by atoms with E-state index in [0.717, 1.165) is 29.5 Å². The van der Waals surface area contributed by atoms with E-state index in [4.69, 9.17) is 4.74 Å². The van der Waals surface area contributed by atoms with Crippen LogP contribution in [0.25, 0.3) is 11.4 Å². The number of rotatable bonds is 6. The van der Waals surface area contributed by atoms with Gasteiger partial charge in [-0.25, -0.2) is 8.78 Å². The van der Waals surface area contributed by atoms with Gasteiger partial charge in [-0.1, -0.05) is 30.0 Å². The van der Waals surface area contributed by atoms with Crippen LogP contribution in [0, 0.1) is 11.6 Å². The summed E-state index contributed by atoms with van der Waals surface area (Å²) in [7, 11) is 3.34. The summed E-state index contributed by atoms with van der Waals surface area (Å²) < 4.78 is 34.5. The molecule has 1 atom stereocenters. The minimum atomic E-state index is -0.831. The molecule has 1 heterocycles. The molecule has 2 aromatic carbocycles. The molecule has 9 heteroatoms. The number of halogens is 2. The standard InChI is InChI=1S/C19H18F2N4O2S/c1-11(18(26)22-16-13(20)8-6-9-14(16)21)28-19-24-23-17(25(19)2)12-7-4-5-10-15(12)27-3/h4-11H,1-3H3,(H,22,26)/t11-/m1/s1. The van der Waals surface area contributed by atoms with Crippen molar-refractivity contribution in [3.05, 3.63) is 54.1 Å². The minimum absolute atomic E-state index is 0.465. The molecule has 0 radical (unpaired) electrons. The van der Waals surface area contributed by atoms with Crippen molar-refractivity contribution in [1.29, 1.82) is 0 Å². The van der Waals surface area contributed by atoms with Gasteiger partial charge in [0.1, 0.15) is 23.1 Å². The Balaban J connectivity index is 1.77. The van der Waals surface area contributed by atoms with Crippen molar-refractivity contribution in [3.8, 4) is 17.1 Å². The predicted octanol–water partition coefficient (Wildman–Crippen LogP) is 3.89. The van der Waals surface area contributed by atoms with Crippen LogP contribution in [-0.2, 0) is 11.8 Å². The molecule has 3 rings (SSSR count).